The number of nitrogens with one attached hydrogen (secondary N) is 4. The van der Waals surface area contributed by atoms with Crippen molar-refractivity contribution in [2.75, 3.05) is 23.1 Å². The summed E-state index contributed by atoms with van der Waals surface area (Å²) in [6.07, 6.45) is -0.133. The van der Waals surface area contributed by atoms with Gasteiger partial charge in [-0.15, -0.1) is 0 Å². The molecule has 0 bridgehead atoms. The molecule has 1 aliphatic carbocycles. The molecule has 17 heteroatoms. The number of rotatable bonds is 10. The second kappa shape index (κ2) is 12.0. The van der Waals surface area contributed by atoms with Crippen LogP contribution in [0.5, 0.6) is 0 Å². The largest absolute Gasteiger partial charge is 0.465 e. The molecule has 1 fully saturated rings. The van der Waals surface area contributed by atoms with E-state index in [1.807, 2.05) is 27.9 Å². The smallest absolute Gasteiger partial charge is 0.404 e. The molecule has 1 saturated carbocycles. The van der Waals surface area contributed by atoms with Crippen molar-refractivity contribution in [2.45, 2.75) is 25.8 Å². The summed E-state index contributed by atoms with van der Waals surface area (Å²) in [7, 11) is -2.71. The third-order valence-electron chi connectivity index (χ3n) is 6.99. The average Bonchev–Trinajstić information content (AvgIpc) is 3.78. The van der Waals surface area contributed by atoms with E-state index >= 15 is 0 Å². The molecule has 5 rings (SSSR count). The Morgan fingerprint density at radius 2 is 1.82 bits per heavy atom. The molecule has 1 amide bonds. The minimum atomic E-state index is -4.15. The molecule has 232 valence electrons. The highest BCUT2D eigenvalue weighted by Crippen LogP contribution is 2.34. The molecule has 0 spiro atoms. The predicted octanol–water partition coefficient (Wildman–Crippen LogP) is 2.50. The van der Waals surface area contributed by atoms with Crippen LogP contribution in [0.1, 0.15) is 24.4 Å². The van der Waals surface area contributed by atoms with Crippen molar-refractivity contribution in [3.63, 3.8) is 0 Å². The minimum absolute atomic E-state index is 0.00806. The lowest BCUT2D eigenvalue weighted by Gasteiger charge is -2.21. The Morgan fingerprint density at radius 3 is 2.48 bits per heavy atom. The number of hydrogen-bond donors (Lipinski definition) is 5. The lowest BCUT2D eigenvalue weighted by molar-refractivity contribution is 0.194. The van der Waals surface area contributed by atoms with Crippen molar-refractivity contribution < 1.29 is 22.7 Å². The standard InChI is InChI=1S/C27H27FIN7O7S/c1-14-22-21(23(34(2)24(14)37)32-20-9-6-15(29)12-19(20)28)25(38)36(17-7-8-17)27(41)35(22)18-5-3-4-16(13-18)33-44(42,43)31-11-10-30-26(39)40/h3-6,9,12-13,17,30-33H,7-8,10-11H2,1-2H3,(H,39,40). The van der Waals surface area contributed by atoms with Gasteiger partial charge in [-0.25, -0.2) is 14.0 Å². The fourth-order valence-corrected chi connectivity index (χ4v) is 6.16. The molecule has 0 saturated heterocycles. The molecule has 0 unspecified atom stereocenters. The van der Waals surface area contributed by atoms with Gasteiger partial charge < -0.3 is 15.7 Å². The van der Waals surface area contributed by atoms with E-state index in [1.165, 1.54) is 59.5 Å². The topological polar surface area (TPSA) is 186 Å². The van der Waals surface area contributed by atoms with E-state index in [-0.39, 0.29) is 58.5 Å². The maximum atomic E-state index is 14.9. The summed E-state index contributed by atoms with van der Waals surface area (Å²) in [5.74, 6) is -0.624. The van der Waals surface area contributed by atoms with E-state index in [4.69, 9.17) is 5.11 Å². The number of anilines is 3. The summed E-state index contributed by atoms with van der Waals surface area (Å²) in [4.78, 5) is 52.0. The third kappa shape index (κ3) is 6.20. The van der Waals surface area contributed by atoms with Crippen LogP contribution < -0.4 is 36.9 Å². The van der Waals surface area contributed by atoms with Gasteiger partial charge in [-0.2, -0.15) is 13.1 Å². The highest BCUT2D eigenvalue weighted by Gasteiger charge is 2.31. The Kier molecular flexibility index (Phi) is 8.54. The predicted molar refractivity (Wildman–Crippen MR) is 171 cm³/mol. The quantitative estimate of drug-likeness (QED) is 0.121. The Balaban J connectivity index is 1.69. The van der Waals surface area contributed by atoms with Gasteiger partial charge in [0.25, 0.3) is 21.3 Å². The van der Waals surface area contributed by atoms with Gasteiger partial charge in [-0.1, -0.05) is 6.07 Å². The number of aryl methyl sites for hydroxylation is 1. The van der Waals surface area contributed by atoms with Crippen LogP contribution in [0.3, 0.4) is 0 Å². The second-order valence-corrected chi connectivity index (χ2v) is 12.9. The summed E-state index contributed by atoms with van der Waals surface area (Å²) in [5, 5.41) is 13.6. The number of halogens is 2. The van der Waals surface area contributed by atoms with Gasteiger partial charge in [0, 0.05) is 35.3 Å². The molecule has 2 aromatic heterocycles. The van der Waals surface area contributed by atoms with Crippen LogP contribution in [0.4, 0.5) is 26.4 Å². The monoisotopic (exact) mass is 739 g/mol. The van der Waals surface area contributed by atoms with E-state index < -0.39 is 38.9 Å². The van der Waals surface area contributed by atoms with Gasteiger partial charge in [0.1, 0.15) is 17.0 Å². The molecule has 1 aliphatic rings. The van der Waals surface area contributed by atoms with E-state index in [2.05, 4.69) is 14.8 Å². The number of amides is 1. The van der Waals surface area contributed by atoms with E-state index in [9.17, 15) is 32.0 Å². The van der Waals surface area contributed by atoms with Crippen LogP contribution in [0.25, 0.3) is 16.6 Å². The SMILES string of the molecule is Cc1c(=O)n(C)c(Nc2ccc(I)cc2F)c2c(=O)n(C3CC3)c(=O)n(-c3cccc(NS(=O)(=O)NCCNC(=O)O)c3)c12. The van der Waals surface area contributed by atoms with Crippen molar-refractivity contribution in [2.24, 2.45) is 7.05 Å². The first-order valence-electron chi connectivity index (χ1n) is 13.3. The second-order valence-electron chi connectivity index (χ2n) is 10.1. The molecule has 5 N–H and O–H groups in total. The van der Waals surface area contributed by atoms with Crippen LogP contribution in [0.2, 0.25) is 0 Å². The summed E-state index contributed by atoms with van der Waals surface area (Å²) in [6.45, 7) is 1.08. The maximum absolute atomic E-state index is 14.9. The zero-order chi connectivity index (χ0) is 31.9. The van der Waals surface area contributed by atoms with Gasteiger partial charge in [-0.05, 0) is 78.8 Å². The lowest BCUT2D eigenvalue weighted by atomic mass is 10.1. The van der Waals surface area contributed by atoms with Crippen LogP contribution in [0.15, 0.2) is 56.8 Å². The van der Waals surface area contributed by atoms with Crippen LogP contribution in [-0.2, 0) is 17.3 Å². The summed E-state index contributed by atoms with van der Waals surface area (Å²) in [5.41, 5.74) is -1.62. The van der Waals surface area contributed by atoms with Crippen molar-refractivity contribution in [1.29, 1.82) is 0 Å². The number of hydrogen-bond acceptors (Lipinski definition) is 7. The van der Waals surface area contributed by atoms with E-state index in [0.717, 1.165) is 4.57 Å². The van der Waals surface area contributed by atoms with Gasteiger partial charge in [0.15, 0.2) is 0 Å². The average molecular weight is 740 g/mol. The normalized spacial score (nSPS) is 13.2. The number of aromatic nitrogens is 3. The molecule has 2 aromatic carbocycles. The van der Waals surface area contributed by atoms with E-state index in [1.54, 1.807) is 6.07 Å². The first-order chi connectivity index (χ1) is 20.8. The highest BCUT2D eigenvalue weighted by atomic mass is 127. The molecule has 14 nitrogen and oxygen atoms in total. The number of fused-ring (bicyclic) bond motifs is 1. The Hall–Kier alpha value is -4.23. The van der Waals surface area contributed by atoms with Crippen LogP contribution in [-0.4, -0.2) is 46.4 Å². The van der Waals surface area contributed by atoms with Crippen molar-refractivity contribution >= 4 is 67.0 Å². The molecule has 4 aromatic rings. The molecular formula is C27H27FIN7O7S. The van der Waals surface area contributed by atoms with Crippen molar-refractivity contribution in [3.05, 3.63) is 88.6 Å². The Morgan fingerprint density at radius 1 is 1.09 bits per heavy atom. The number of carbonyl (C=O) groups is 1. The van der Waals surface area contributed by atoms with Gasteiger partial charge >= 0.3 is 11.8 Å². The maximum Gasteiger partial charge on any atom is 0.404 e. The number of nitrogens with zero attached hydrogens (tertiary/aromatic N) is 3. The third-order valence-corrected chi connectivity index (χ3v) is 8.75. The van der Waals surface area contributed by atoms with Crippen LogP contribution >= 0.6 is 22.6 Å². The first-order valence-corrected chi connectivity index (χ1v) is 15.8. The summed E-state index contributed by atoms with van der Waals surface area (Å²) in [6, 6.07) is 9.85. The fraction of sp³-hybridized carbons (Fsp3) is 0.259. The van der Waals surface area contributed by atoms with E-state index in [0.29, 0.717) is 16.4 Å². The van der Waals surface area contributed by atoms with Crippen molar-refractivity contribution in [3.8, 4) is 5.69 Å². The summed E-state index contributed by atoms with van der Waals surface area (Å²) < 4.78 is 48.7. The fourth-order valence-electron chi connectivity index (χ4n) is 4.83. The van der Waals surface area contributed by atoms with Crippen LogP contribution in [0, 0.1) is 16.3 Å². The molecule has 44 heavy (non-hydrogen) atoms. The number of benzene rings is 2. The Labute approximate surface area is 262 Å². The molecule has 0 radical (unpaired) electrons. The highest BCUT2D eigenvalue weighted by molar-refractivity contribution is 14.1. The Bertz CT molecular complexity index is 2110. The molecular weight excluding hydrogens is 712 g/mol. The number of pyridine rings is 1. The van der Waals surface area contributed by atoms with Crippen molar-refractivity contribution in [1.82, 2.24) is 23.7 Å². The van der Waals surface area contributed by atoms with Gasteiger partial charge in [-0.3, -0.25) is 28.0 Å². The first kappa shape index (κ1) is 31.2. The number of carboxylic acid groups (broad SMARTS) is 1. The lowest BCUT2D eigenvalue weighted by Crippen LogP contribution is -2.41. The summed E-state index contributed by atoms with van der Waals surface area (Å²) >= 11 is 1.96. The molecule has 0 atom stereocenters. The zero-order valence-corrected chi connectivity index (χ0v) is 26.3. The zero-order valence-electron chi connectivity index (χ0n) is 23.3. The van der Waals surface area contributed by atoms with Gasteiger partial charge in [0.05, 0.1) is 22.6 Å². The minimum Gasteiger partial charge on any atom is -0.465 e. The molecule has 2 heterocycles. The van der Waals surface area contributed by atoms with Gasteiger partial charge in [0.2, 0.25) is 0 Å². The molecule has 0 aliphatic heterocycles.